The Hall–Kier alpha value is -0.840. The minimum Gasteiger partial charge on any atom is -0.465 e. The molecule has 0 spiro atoms. The van der Waals surface area contributed by atoms with Crippen molar-refractivity contribution in [3.05, 3.63) is 23.2 Å². The monoisotopic (exact) mass is 294 g/mol. The number of morpholine rings is 1. The number of furan rings is 1. The number of rotatable bonds is 4. The smallest absolute Gasteiger partial charge is 0.118 e. The van der Waals surface area contributed by atoms with Gasteiger partial charge in [0.15, 0.2) is 0 Å². The molecule has 1 aromatic heterocycles. The van der Waals surface area contributed by atoms with Crippen LogP contribution in [0.4, 0.5) is 0 Å². The molecule has 0 amide bonds. The molecule has 0 bridgehead atoms. The van der Waals surface area contributed by atoms with Crippen molar-refractivity contribution in [2.75, 3.05) is 13.1 Å². The molecule has 0 aliphatic carbocycles. The topological polar surface area (TPSA) is 37.6 Å². The van der Waals surface area contributed by atoms with Gasteiger partial charge in [0, 0.05) is 30.7 Å². The first kappa shape index (κ1) is 16.5. The molecule has 1 saturated heterocycles. The van der Waals surface area contributed by atoms with Gasteiger partial charge in [-0.1, -0.05) is 0 Å². The molecule has 4 nitrogen and oxygen atoms in total. The van der Waals surface area contributed by atoms with Gasteiger partial charge in [-0.25, -0.2) is 0 Å². The van der Waals surface area contributed by atoms with Crippen molar-refractivity contribution >= 4 is 0 Å². The zero-order valence-corrected chi connectivity index (χ0v) is 14.3. The number of hydrogen-bond donors (Lipinski definition) is 1. The third-order valence-corrected chi connectivity index (χ3v) is 3.75. The van der Waals surface area contributed by atoms with Gasteiger partial charge in [0.2, 0.25) is 0 Å². The SMILES string of the molecule is Cc1oc(CNC(C)(C)C)cc1CN1CC(C)OC(C)C1. The largest absolute Gasteiger partial charge is 0.465 e. The summed E-state index contributed by atoms with van der Waals surface area (Å²) >= 11 is 0. The number of hydrogen-bond acceptors (Lipinski definition) is 4. The quantitative estimate of drug-likeness (QED) is 0.926. The average Bonchev–Trinajstić information content (AvgIpc) is 2.65. The predicted molar refractivity (Wildman–Crippen MR) is 85.3 cm³/mol. The van der Waals surface area contributed by atoms with Gasteiger partial charge < -0.3 is 14.5 Å². The lowest BCUT2D eigenvalue weighted by Gasteiger charge is -2.35. The summed E-state index contributed by atoms with van der Waals surface area (Å²) in [4.78, 5) is 2.46. The lowest BCUT2D eigenvalue weighted by Crippen LogP contribution is -2.44. The van der Waals surface area contributed by atoms with E-state index in [1.54, 1.807) is 0 Å². The second-order valence-electron chi connectivity index (χ2n) is 7.35. The van der Waals surface area contributed by atoms with Crippen molar-refractivity contribution in [3.63, 3.8) is 0 Å². The van der Waals surface area contributed by atoms with E-state index in [4.69, 9.17) is 9.15 Å². The molecular weight excluding hydrogens is 264 g/mol. The Labute approximate surface area is 128 Å². The molecule has 120 valence electrons. The maximum absolute atomic E-state index is 5.88. The fraction of sp³-hybridized carbons (Fsp3) is 0.765. The molecule has 4 heteroatoms. The van der Waals surface area contributed by atoms with E-state index >= 15 is 0 Å². The Kier molecular flexibility index (Phi) is 5.12. The van der Waals surface area contributed by atoms with Gasteiger partial charge in [-0.3, -0.25) is 4.90 Å². The van der Waals surface area contributed by atoms with Crippen LogP contribution in [0.5, 0.6) is 0 Å². The van der Waals surface area contributed by atoms with E-state index in [2.05, 4.69) is 57.8 Å². The van der Waals surface area contributed by atoms with Gasteiger partial charge in [0.25, 0.3) is 0 Å². The Morgan fingerprint density at radius 3 is 2.43 bits per heavy atom. The maximum atomic E-state index is 5.88. The summed E-state index contributed by atoms with van der Waals surface area (Å²) in [6.45, 7) is 16.6. The predicted octanol–water partition coefficient (Wildman–Crippen LogP) is 3.09. The Morgan fingerprint density at radius 2 is 1.86 bits per heavy atom. The van der Waals surface area contributed by atoms with E-state index in [1.165, 1.54) is 5.56 Å². The maximum Gasteiger partial charge on any atom is 0.118 e. The van der Waals surface area contributed by atoms with E-state index < -0.39 is 0 Å². The summed E-state index contributed by atoms with van der Waals surface area (Å²) in [7, 11) is 0. The molecular formula is C17H30N2O2. The molecule has 21 heavy (non-hydrogen) atoms. The van der Waals surface area contributed by atoms with Crippen LogP contribution in [0.3, 0.4) is 0 Å². The van der Waals surface area contributed by atoms with Crippen LogP contribution in [-0.2, 0) is 17.8 Å². The van der Waals surface area contributed by atoms with Gasteiger partial charge in [-0.2, -0.15) is 0 Å². The summed E-state index contributed by atoms with van der Waals surface area (Å²) in [6, 6.07) is 2.19. The first-order chi connectivity index (χ1) is 9.73. The van der Waals surface area contributed by atoms with E-state index in [0.29, 0.717) is 12.2 Å². The summed E-state index contributed by atoms with van der Waals surface area (Å²) in [5, 5.41) is 3.47. The normalized spacial score (nSPS) is 24.5. The van der Waals surface area contributed by atoms with Crippen LogP contribution in [0.1, 0.15) is 51.7 Å². The van der Waals surface area contributed by atoms with Crippen LogP contribution < -0.4 is 5.32 Å². The highest BCUT2D eigenvalue weighted by Crippen LogP contribution is 2.20. The van der Waals surface area contributed by atoms with Gasteiger partial charge in [0.1, 0.15) is 11.5 Å². The van der Waals surface area contributed by atoms with Crippen LogP contribution >= 0.6 is 0 Å². The first-order valence-electron chi connectivity index (χ1n) is 7.94. The molecule has 0 radical (unpaired) electrons. The summed E-state index contributed by atoms with van der Waals surface area (Å²) in [5.74, 6) is 2.05. The van der Waals surface area contributed by atoms with Gasteiger partial charge >= 0.3 is 0 Å². The number of nitrogens with zero attached hydrogens (tertiary/aromatic N) is 1. The first-order valence-corrected chi connectivity index (χ1v) is 7.94. The molecule has 0 aromatic carbocycles. The number of ether oxygens (including phenoxy) is 1. The van der Waals surface area contributed by atoms with Crippen LogP contribution in [0.25, 0.3) is 0 Å². The van der Waals surface area contributed by atoms with Gasteiger partial charge in [-0.05, 0) is 47.6 Å². The van der Waals surface area contributed by atoms with E-state index in [1.807, 2.05) is 0 Å². The van der Waals surface area contributed by atoms with Crippen LogP contribution in [0.2, 0.25) is 0 Å². The standard InChI is InChI=1S/C17H30N2O2/c1-12-9-19(10-13(2)20-12)11-15-7-16(21-14(15)3)8-18-17(4,5)6/h7,12-13,18H,8-11H2,1-6H3. The Bertz CT molecular complexity index is 452. The zero-order valence-electron chi connectivity index (χ0n) is 14.3. The number of nitrogens with one attached hydrogen (secondary N) is 1. The molecule has 1 fully saturated rings. The summed E-state index contributed by atoms with van der Waals surface area (Å²) in [6.07, 6.45) is 0.617. The molecule has 1 aliphatic rings. The lowest BCUT2D eigenvalue weighted by atomic mass is 10.1. The summed E-state index contributed by atoms with van der Waals surface area (Å²) < 4.78 is 11.7. The highest BCUT2D eigenvalue weighted by Gasteiger charge is 2.23. The van der Waals surface area contributed by atoms with Gasteiger partial charge in [-0.15, -0.1) is 0 Å². The van der Waals surface area contributed by atoms with Crippen molar-refractivity contribution in [1.82, 2.24) is 10.2 Å². The average molecular weight is 294 g/mol. The van der Waals surface area contributed by atoms with Crippen molar-refractivity contribution < 1.29 is 9.15 Å². The minimum atomic E-state index is 0.107. The minimum absolute atomic E-state index is 0.107. The molecule has 2 heterocycles. The molecule has 1 aliphatic heterocycles. The molecule has 2 unspecified atom stereocenters. The fourth-order valence-electron chi connectivity index (χ4n) is 2.84. The summed E-state index contributed by atoms with van der Waals surface area (Å²) in [5.41, 5.74) is 1.40. The molecule has 2 rings (SSSR count). The van der Waals surface area contributed by atoms with E-state index in [-0.39, 0.29) is 5.54 Å². The molecule has 1 aromatic rings. The third-order valence-electron chi connectivity index (χ3n) is 3.75. The van der Waals surface area contributed by atoms with E-state index in [9.17, 15) is 0 Å². The molecule has 0 saturated carbocycles. The molecule has 1 N–H and O–H groups in total. The second kappa shape index (κ2) is 6.51. The van der Waals surface area contributed by atoms with Crippen LogP contribution in [0.15, 0.2) is 10.5 Å². The van der Waals surface area contributed by atoms with Crippen molar-refractivity contribution in [2.45, 2.75) is 72.4 Å². The van der Waals surface area contributed by atoms with E-state index in [0.717, 1.165) is 37.7 Å². The van der Waals surface area contributed by atoms with Gasteiger partial charge in [0.05, 0.1) is 18.8 Å². The lowest BCUT2D eigenvalue weighted by molar-refractivity contribution is -0.0705. The van der Waals surface area contributed by atoms with Crippen LogP contribution in [0, 0.1) is 6.92 Å². The van der Waals surface area contributed by atoms with Crippen molar-refractivity contribution in [3.8, 4) is 0 Å². The Morgan fingerprint density at radius 1 is 1.24 bits per heavy atom. The molecule has 2 atom stereocenters. The van der Waals surface area contributed by atoms with Crippen molar-refractivity contribution in [2.24, 2.45) is 0 Å². The van der Waals surface area contributed by atoms with Crippen LogP contribution in [-0.4, -0.2) is 35.7 Å². The highest BCUT2D eigenvalue weighted by molar-refractivity contribution is 5.21. The number of aryl methyl sites for hydroxylation is 1. The zero-order chi connectivity index (χ0) is 15.6. The fourth-order valence-corrected chi connectivity index (χ4v) is 2.84. The Balaban J connectivity index is 1.96. The third kappa shape index (κ3) is 5.13. The second-order valence-corrected chi connectivity index (χ2v) is 7.35. The highest BCUT2D eigenvalue weighted by atomic mass is 16.5. The van der Waals surface area contributed by atoms with Crippen molar-refractivity contribution in [1.29, 1.82) is 0 Å².